The minimum Gasteiger partial charge on any atom is -0.363 e. The highest BCUT2D eigenvalue weighted by Crippen LogP contribution is 2.21. The summed E-state index contributed by atoms with van der Waals surface area (Å²) in [6.45, 7) is 4.90. The number of anilines is 1. The minimum absolute atomic E-state index is 0.345. The molecule has 1 aromatic carbocycles. The lowest BCUT2D eigenvalue weighted by molar-refractivity contribution is 0.700. The molecular weight excluding hydrogens is 274 g/mol. The van der Waals surface area contributed by atoms with Crippen molar-refractivity contribution >= 4 is 22.7 Å². The topological polar surface area (TPSA) is 52.6 Å². The van der Waals surface area contributed by atoms with E-state index in [1.54, 1.807) is 7.05 Å². The number of aromatic nitrogens is 1. The summed E-state index contributed by atoms with van der Waals surface area (Å²) in [6.07, 6.45) is 0. The molecule has 0 saturated heterocycles. The molecule has 2 aromatic rings. The quantitative estimate of drug-likeness (QED) is 0.672. The molecule has 1 heterocycles. The van der Waals surface area contributed by atoms with E-state index in [0.717, 1.165) is 17.3 Å². The average Bonchev–Trinajstić information content (AvgIpc) is 2.50. The third-order valence-corrected chi connectivity index (χ3v) is 3.34. The first-order valence-corrected chi connectivity index (χ1v) is 7.54. The maximum atomic E-state index is 4.68. The highest BCUT2D eigenvalue weighted by atomic mass is 15.2. The van der Waals surface area contributed by atoms with Crippen molar-refractivity contribution < 1.29 is 0 Å². The van der Waals surface area contributed by atoms with Gasteiger partial charge in [-0.25, -0.2) is 4.98 Å². The minimum atomic E-state index is 0.345. The molecule has 2 rings (SSSR count). The molecule has 0 amide bonds. The number of nitrogens with one attached hydrogen (secondary N) is 2. The van der Waals surface area contributed by atoms with E-state index in [4.69, 9.17) is 0 Å². The van der Waals surface area contributed by atoms with Gasteiger partial charge in [0.1, 0.15) is 5.82 Å². The summed E-state index contributed by atoms with van der Waals surface area (Å²) in [5.74, 6) is 1.77. The molecule has 0 aliphatic heterocycles. The normalized spacial score (nSPS) is 11.8. The van der Waals surface area contributed by atoms with Crippen molar-refractivity contribution in [1.29, 1.82) is 0 Å². The highest BCUT2D eigenvalue weighted by Gasteiger charge is 2.08. The third kappa shape index (κ3) is 3.87. The maximum Gasteiger partial charge on any atom is 0.191 e. The summed E-state index contributed by atoms with van der Waals surface area (Å²) in [5.41, 5.74) is 2.22. The number of guanidine groups is 1. The van der Waals surface area contributed by atoms with Crippen molar-refractivity contribution in [3.05, 3.63) is 35.9 Å². The molecule has 0 radical (unpaired) electrons. The zero-order chi connectivity index (χ0) is 16.1. The highest BCUT2D eigenvalue weighted by molar-refractivity contribution is 5.85. The summed E-state index contributed by atoms with van der Waals surface area (Å²) in [7, 11) is 5.80. The van der Waals surface area contributed by atoms with Gasteiger partial charge in [0.2, 0.25) is 0 Å². The Hall–Kier alpha value is -2.30. The fourth-order valence-electron chi connectivity index (χ4n) is 2.25. The SMILES string of the molecule is CN=C(NCc1cc(N(C)C)nc2ccccc12)NC(C)C. The molecule has 5 heteroatoms. The zero-order valence-corrected chi connectivity index (χ0v) is 14.0. The van der Waals surface area contributed by atoms with Crippen LogP contribution in [-0.4, -0.2) is 38.1 Å². The molecule has 0 bridgehead atoms. The van der Waals surface area contributed by atoms with Crippen LogP contribution in [0.3, 0.4) is 0 Å². The van der Waals surface area contributed by atoms with Crippen molar-refractivity contribution in [1.82, 2.24) is 15.6 Å². The van der Waals surface area contributed by atoms with Crippen molar-refractivity contribution in [2.75, 3.05) is 26.0 Å². The fraction of sp³-hybridized carbons (Fsp3) is 0.412. The van der Waals surface area contributed by atoms with Crippen LogP contribution in [0.25, 0.3) is 10.9 Å². The molecule has 0 atom stereocenters. The van der Waals surface area contributed by atoms with Crippen molar-refractivity contribution in [2.45, 2.75) is 26.4 Å². The summed E-state index contributed by atoms with van der Waals surface area (Å²) in [6, 6.07) is 10.7. The van der Waals surface area contributed by atoms with Gasteiger partial charge in [0.05, 0.1) is 5.52 Å². The average molecular weight is 299 g/mol. The first-order valence-electron chi connectivity index (χ1n) is 7.54. The second-order valence-electron chi connectivity index (χ2n) is 5.78. The maximum absolute atomic E-state index is 4.68. The number of pyridine rings is 1. The molecular formula is C17H25N5. The molecule has 1 aromatic heterocycles. The number of para-hydroxylation sites is 1. The van der Waals surface area contributed by atoms with Gasteiger partial charge in [-0.1, -0.05) is 18.2 Å². The molecule has 118 valence electrons. The van der Waals surface area contributed by atoms with Crippen molar-refractivity contribution in [2.24, 2.45) is 4.99 Å². The Labute approximate surface area is 132 Å². The Bertz CT molecular complexity index is 661. The number of hydrogen-bond donors (Lipinski definition) is 2. The molecule has 5 nitrogen and oxygen atoms in total. The van der Waals surface area contributed by atoms with Crippen LogP contribution in [0.15, 0.2) is 35.3 Å². The zero-order valence-electron chi connectivity index (χ0n) is 14.0. The molecule has 0 unspecified atom stereocenters. The second kappa shape index (κ2) is 7.11. The molecule has 2 N–H and O–H groups in total. The van der Waals surface area contributed by atoms with E-state index in [-0.39, 0.29) is 0 Å². The van der Waals surface area contributed by atoms with E-state index in [1.165, 1.54) is 10.9 Å². The van der Waals surface area contributed by atoms with Crippen LogP contribution in [0.2, 0.25) is 0 Å². The van der Waals surface area contributed by atoms with E-state index < -0.39 is 0 Å². The smallest absolute Gasteiger partial charge is 0.191 e. The summed E-state index contributed by atoms with van der Waals surface area (Å²) in [4.78, 5) is 11.0. The van der Waals surface area contributed by atoms with E-state index in [2.05, 4.69) is 46.6 Å². The number of hydrogen-bond acceptors (Lipinski definition) is 3. The number of rotatable bonds is 4. The Balaban J connectivity index is 2.29. The monoisotopic (exact) mass is 299 g/mol. The van der Waals surface area contributed by atoms with Gasteiger partial charge in [0.25, 0.3) is 0 Å². The largest absolute Gasteiger partial charge is 0.363 e. The Morgan fingerprint density at radius 1 is 1.27 bits per heavy atom. The predicted molar refractivity (Wildman–Crippen MR) is 94.5 cm³/mol. The van der Waals surface area contributed by atoms with Crippen molar-refractivity contribution in [3.63, 3.8) is 0 Å². The van der Waals surface area contributed by atoms with Crippen LogP contribution in [0.1, 0.15) is 19.4 Å². The standard InChI is InChI=1S/C17H25N5/c1-12(2)20-17(18-3)19-11-13-10-16(22(4)5)21-15-9-7-6-8-14(13)15/h6-10,12H,11H2,1-5H3,(H2,18,19,20). The summed E-state index contributed by atoms with van der Waals surface area (Å²) >= 11 is 0. The first-order chi connectivity index (χ1) is 10.5. The van der Waals surface area contributed by atoms with Gasteiger partial charge in [0.15, 0.2) is 5.96 Å². The molecule has 0 saturated carbocycles. The molecule has 22 heavy (non-hydrogen) atoms. The lowest BCUT2D eigenvalue weighted by atomic mass is 10.1. The fourth-order valence-corrected chi connectivity index (χ4v) is 2.25. The van der Waals surface area contributed by atoms with Crippen LogP contribution in [0.5, 0.6) is 0 Å². The van der Waals surface area contributed by atoms with Gasteiger partial charge in [-0.2, -0.15) is 0 Å². The molecule has 0 fully saturated rings. The van der Waals surface area contributed by atoms with Gasteiger partial charge >= 0.3 is 0 Å². The molecule has 0 aliphatic rings. The lowest BCUT2D eigenvalue weighted by Gasteiger charge is -2.17. The van der Waals surface area contributed by atoms with E-state index in [9.17, 15) is 0 Å². The predicted octanol–water partition coefficient (Wildman–Crippen LogP) is 2.37. The van der Waals surface area contributed by atoms with E-state index in [1.807, 2.05) is 37.2 Å². The lowest BCUT2D eigenvalue weighted by Crippen LogP contribution is -2.40. The Morgan fingerprint density at radius 3 is 2.64 bits per heavy atom. The molecule has 0 spiro atoms. The van der Waals surface area contributed by atoms with Gasteiger partial charge in [-0.15, -0.1) is 0 Å². The summed E-state index contributed by atoms with van der Waals surface area (Å²) in [5, 5.41) is 7.83. The second-order valence-corrected chi connectivity index (χ2v) is 5.78. The Morgan fingerprint density at radius 2 is 2.00 bits per heavy atom. The third-order valence-electron chi connectivity index (χ3n) is 3.34. The van der Waals surface area contributed by atoms with Crippen LogP contribution < -0.4 is 15.5 Å². The Kier molecular flexibility index (Phi) is 5.20. The van der Waals surface area contributed by atoms with Gasteiger partial charge in [0, 0.05) is 39.1 Å². The van der Waals surface area contributed by atoms with E-state index >= 15 is 0 Å². The van der Waals surface area contributed by atoms with E-state index in [0.29, 0.717) is 12.6 Å². The van der Waals surface area contributed by atoms with Crippen LogP contribution in [-0.2, 0) is 6.54 Å². The van der Waals surface area contributed by atoms with Crippen LogP contribution in [0.4, 0.5) is 5.82 Å². The van der Waals surface area contributed by atoms with Gasteiger partial charge in [-0.05, 0) is 31.5 Å². The van der Waals surface area contributed by atoms with Crippen molar-refractivity contribution in [3.8, 4) is 0 Å². The first kappa shape index (κ1) is 16.1. The van der Waals surface area contributed by atoms with Crippen LogP contribution in [0, 0.1) is 0 Å². The number of aliphatic imine (C=N–C) groups is 1. The molecule has 0 aliphatic carbocycles. The number of benzene rings is 1. The summed E-state index contributed by atoms with van der Waals surface area (Å²) < 4.78 is 0. The number of fused-ring (bicyclic) bond motifs is 1. The van der Waals surface area contributed by atoms with Gasteiger partial charge in [-0.3, -0.25) is 4.99 Å². The van der Waals surface area contributed by atoms with Gasteiger partial charge < -0.3 is 15.5 Å². The van der Waals surface area contributed by atoms with Crippen LogP contribution >= 0.6 is 0 Å². The number of nitrogens with zero attached hydrogens (tertiary/aromatic N) is 3.